The van der Waals surface area contributed by atoms with Gasteiger partial charge in [0.15, 0.2) is 11.4 Å². The van der Waals surface area contributed by atoms with Crippen LogP contribution in [0, 0.1) is 0 Å². The Morgan fingerprint density at radius 3 is 2.50 bits per heavy atom. The number of benzene rings is 1. The van der Waals surface area contributed by atoms with Gasteiger partial charge in [0.1, 0.15) is 6.33 Å². The molecule has 4 aromatic rings. The predicted molar refractivity (Wildman–Crippen MR) is 139 cm³/mol. The standard InChI is InChI=1S/C27H34N6O3/c1-16(2)21-11-24-23(10-22(21)17-9-25(36-4)26-28-15-29-32(26)12-17)30-27(34)33(24)19-7-5-18(6-8-19)31-13-20(14-31)35-3/h9-12,15-16,18-20H,5-8,13-14H2,1-4H3,(H,30,34). The van der Waals surface area contributed by atoms with Crippen molar-refractivity contribution < 1.29 is 9.47 Å². The first kappa shape index (κ1) is 23.2. The van der Waals surface area contributed by atoms with E-state index in [0.29, 0.717) is 23.5 Å². The number of likely N-dealkylation sites (tertiary alicyclic amines) is 1. The van der Waals surface area contributed by atoms with Gasteiger partial charge in [-0.1, -0.05) is 13.8 Å². The SMILES string of the molecule is COc1cc(-c2cc3[nH]c(=O)n(C4CCC(N5CC(OC)C5)CC4)c3cc2C(C)C)cn2ncnc12. The molecule has 0 spiro atoms. The van der Waals surface area contributed by atoms with Gasteiger partial charge >= 0.3 is 5.69 Å². The van der Waals surface area contributed by atoms with Crippen LogP contribution in [0.3, 0.4) is 0 Å². The minimum Gasteiger partial charge on any atom is -0.493 e. The van der Waals surface area contributed by atoms with Crippen molar-refractivity contribution in [2.75, 3.05) is 27.3 Å². The van der Waals surface area contributed by atoms with Crippen LogP contribution < -0.4 is 10.4 Å². The maximum atomic E-state index is 13.2. The normalized spacial score (nSPS) is 21.5. The van der Waals surface area contributed by atoms with Gasteiger partial charge in [0.05, 0.1) is 24.2 Å². The Bertz CT molecular complexity index is 1450. The monoisotopic (exact) mass is 490 g/mol. The van der Waals surface area contributed by atoms with Crippen LogP contribution in [0.4, 0.5) is 0 Å². The largest absolute Gasteiger partial charge is 0.493 e. The van der Waals surface area contributed by atoms with E-state index in [-0.39, 0.29) is 17.6 Å². The van der Waals surface area contributed by atoms with E-state index >= 15 is 0 Å². The van der Waals surface area contributed by atoms with E-state index in [4.69, 9.17) is 9.47 Å². The molecule has 4 heterocycles. The highest BCUT2D eigenvalue weighted by Gasteiger charge is 2.35. The molecule has 0 bridgehead atoms. The van der Waals surface area contributed by atoms with Crippen LogP contribution >= 0.6 is 0 Å². The van der Waals surface area contributed by atoms with Crippen molar-refractivity contribution in [3.05, 3.63) is 46.8 Å². The molecule has 1 N–H and O–H groups in total. The summed E-state index contributed by atoms with van der Waals surface area (Å²) < 4.78 is 14.8. The van der Waals surface area contributed by atoms with Crippen LogP contribution in [-0.4, -0.2) is 68.5 Å². The first-order valence-corrected chi connectivity index (χ1v) is 12.9. The van der Waals surface area contributed by atoms with E-state index in [2.05, 4.69) is 45.9 Å². The second-order valence-corrected chi connectivity index (χ2v) is 10.5. The summed E-state index contributed by atoms with van der Waals surface area (Å²) in [7, 11) is 3.44. The lowest BCUT2D eigenvalue weighted by Gasteiger charge is -2.46. The van der Waals surface area contributed by atoms with Crippen LogP contribution in [0.2, 0.25) is 0 Å². The second-order valence-electron chi connectivity index (χ2n) is 10.5. The molecular weight excluding hydrogens is 456 g/mol. The molecule has 36 heavy (non-hydrogen) atoms. The van der Waals surface area contributed by atoms with E-state index in [1.54, 1.807) is 18.7 Å². The Morgan fingerprint density at radius 2 is 1.81 bits per heavy atom. The van der Waals surface area contributed by atoms with Crippen molar-refractivity contribution in [1.29, 1.82) is 0 Å². The van der Waals surface area contributed by atoms with Gasteiger partial charge in [0.2, 0.25) is 0 Å². The third-order valence-corrected chi connectivity index (χ3v) is 8.14. The number of aromatic amines is 1. The van der Waals surface area contributed by atoms with Crippen molar-refractivity contribution in [3.63, 3.8) is 0 Å². The molecule has 9 heteroatoms. The number of nitrogens with one attached hydrogen (secondary N) is 1. The Morgan fingerprint density at radius 1 is 1.06 bits per heavy atom. The lowest BCUT2D eigenvalue weighted by molar-refractivity contribution is -0.0591. The lowest BCUT2D eigenvalue weighted by atomic mass is 9.88. The van der Waals surface area contributed by atoms with Crippen LogP contribution in [0.1, 0.15) is 57.1 Å². The summed E-state index contributed by atoms with van der Waals surface area (Å²) in [5.74, 6) is 0.942. The molecule has 9 nitrogen and oxygen atoms in total. The highest BCUT2D eigenvalue weighted by Crippen LogP contribution is 2.38. The summed E-state index contributed by atoms with van der Waals surface area (Å²) in [5.41, 5.74) is 5.76. The summed E-state index contributed by atoms with van der Waals surface area (Å²) in [6.45, 7) is 6.45. The van der Waals surface area contributed by atoms with Crippen LogP contribution in [0.15, 0.2) is 35.5 Å². The number of nitrogens with zero attached hydrogens (tertiary/aromatic N) is 5. The first-order chi connectivity index (χ1) is 17.5. The highest BCUT2D eigenvalue weighted by molar-refractivity contribution is 5.85. The summed E-state index contributed by atoms with van der Waals surface area (Å²) in [6, 6.07) is 7.14. The summed E-state index contributed by atoms with van der Waals surface area (Å²) in [4.78, 5) is 23.2. The van der Waals surface area contributed by atoms with Gasteiger partial charge in [0.25, 0.3) is 0 Å². The second kappa shape index (κ2) is 9.05. The van der Waals surface area contributed by atoms with Crippen LogP contribution in [0.5, 0.6) is 5.75 Å². The fraction of sp³-hybridized carbons (Fsp3) is 0.519. The number of imidazole rings is 1. The van der Waals surface area contributed by atoms with Gasteiger partial charge in [-0.3, -0.25) is 9.47 Å². The Labute approximate surface area is 210 Å². The van der Waals surface area contributed by atoms with E-state index in [1.807, 2.05) is 16.8 Å². The number of pyridine rings is 1. The van der Waals surface area contributed by atoms with E-state index < -0.39 is 0 Å². The number of methoxy groups -OCH3 is 2. The molecule has 1 saturated carbocycles. The minimum absolute atomic E-state index is 0.0204. The molecule has 6 rings (SSSR count). The van der Waals surface area contributed by atoms with Crippen molar-refractivity contribution in [3.8, 4) is 16.9 Å². The van der Waals surface area contributed by atoms with Gasteiger partial charge in [-0.2, -0.15) is 5.10 Å². The highest BCUT2D eigenvalue weighted by atomic mass is 16.5. The summed E-state index contributed by atoms with van der Waals surface area (Å²) in [6.07, 6.45) is 8.15. The molecule has 1 aromatic carbocycles. The number of hydrogen-bond acceptors (Lipinski definition) is 6. The van der Waals surface area contributed by atoms with Crippen molar-refractivity contribution in [2.24, 2.45) is 0 Å². The minimum atomic E-state index is -0.0204. The quantitative estimate of drug-likeness (QED) is 0.440. The average molecular weight is 491 g/mol. The molecule has 0 unspecified atom stereocenters. The molecule has 1 saturated heterocycles. The molecule has 0 amide bonds. The summed E-state index contributed by atoms with van der Waals surface area (Å²) >= 11 is 0. The third-order valence-electron chi connectivity index (χ3n) is 8.14. The number of hydrogen-bond donors (Lipinski definition) is 1. The van der Waals surface area contributed by atoms with Crippen molar-refractivity contribution in [1.82, 2.24) is 29.0 Å². The van der Waals surface area contributed by atoms with Crippen LogP contribution in [0.25, 0.3) is 27.8 Å². The van der Waals surface area contributed by atoms with E-state index in [0.717, 1.165) is 60.9 Å². The van der Waals surface area contributed by atoms with Crippen LogP contribution in [-0.2, 0) is 4.74 Å². The molecular formula is C27H34N6O3. The molecule has 0 atom stereocenters. The fourth-order valence-corrected chi connectivity index (χ4v) is 6.07. The zero-order chi connectivity index (χ0) is 25.0. The number of ether oxygens (including phenoxy) is 2. The molecule has 1 aliphatic carbocycles. The molecule has 2 aliphatic rings. The Balaban J connectivity index is 1.35. The number of aromatic nitrogens is 5. The molecule has 2 fully saturated rings. The van der Waals surface area contributed by atoms with Crippen molar-refractivity contribution >= 4 is 16.7 Å². The van der Waals surface area contributed by atoms with E-state index in [1.165, 1.54) is 11.9 Å². The maximum Gasteiger partial charge on any atom is 0.326 e. The molecule has 1 aliphatic heterocycles. The third kappa shape index (κ3) is 3.81. The molecule has 3 aromatic heterocycles. The number of H-pyrrole nitrogens is 1. The Kier molecular flexibility index (Phi) is 5.84. The van der Waals surface area contributed by atoms with Gasteiger partial charge in [-0.25, -0.2) is 14.3 Å². The Hall–Kier alpha value is -3.17. The van der Waals surface area contributed by atoms with Gasteiger partial charge in [-0.05, 0) is 60.9 Å². The maximum absolute atomic E-state index is 13.2. The smallest absolute Gasteiger partial charge is 0.326 e. The zero-order valence-corrected chi connectivity index (χ0v) is 21.4. The van der Waals surface area contributed by atoms with Crippen molar-refractivity contribution in [2.45, 2.75) is 63.6 Å². The topological polar surface area (TPSA) is 89.7 Å². The van der Waals surface area contributed by atoms with E-state index in [9.17, 15) is 4.79 Å². The zero-order valence-electron chi connectivity index (χ0n) is 21.4. The first-order valence-electron chi connectivity index (χ1n) is 12.9. The average Bonchev–Trinajstić information content (AvgIpc) is 3.45. The number of rotatable bonds is 6. The molecule has 190 valence electrons. The van der Waals surface area contributed by atoms with Gasteiger partial charge < -0.3 is 14.5 Å². The fourth-order valence-electron chi connectivity index (χ4n) is 6.07. The van der Waals surface area contributed by atoms with Gasteiger partial charge in [0, 0.05) is 44.0 Å². The predicted octanol–water partition coefficient (Wildman–Crippen LogP) is 3.99. The van der Waals surface area contributed by atoms with Gasteiger partial charge in [-0.15, -0.1) is 0 Å². The summed E-state index contributed by atoms with van der Waals surface area (Å²) in [5, 5.41) is 4.32. The molecule has 0 radical (unpaired) electrons. The number of fused-ring (bicyclic) bond motifs is 2. The lowest BCUT2D eigenvalue weighted by Crippen LogP contribution is -2.56.